The number of hydrogen-bond acceptors (Lipinski definition) is 4. The molecule has 132 valence electrons. The number of benzene rings is 2. The number of carbonyl (C=O) groups excluding carboxylic acids is 1. The lowest BCUT2D eigenvalue weighted by Gasteiger charge is -2.43. The fourth-order valence-corrected chi connectivity index (χ4v) is 6.79. The van der Waals surface area contributed by atoms with Crippen LogP contribution in [-0.2, 0) is 5.54 Å². The molecule has 26 heavy (non-hydrogen) atoms. The molecule has 0 radical (unpaired) electrons. The third kappa shape index (κ3) is 2.47. The molecule has 2 aromatic carbocycles. The molecule has 1 aliphatic rings. The summed E-state index contributed by atoms with van der Waals surface area (Å²) in [6.07, 6.45) is 0. The lowest BCUT2D eigenvalue weighted by molar-refractivity contribution is 0.0961. The molecule has 2 nitrogen and oxygen atoms in total. The lowest BCUT2D eigenvalue weighted by atomic mass is 9.85. The minimum atomic E-state index is -0.544. The van der Waals surface area contributed by atoms with Crippen LogP contribution in [0.1, 0.15) is 34.6 Å². The van der Waals surface area contributed by atoms with Crippen LogP contribution in [0.3, 0.4) is 0 Å². The molecule has 1 aromatic heterocycles. The fourth-order valence-electron chi connectivity index (χ4n) is 3.51. The smallest absolute Gasteiger partial charge is 0.259 e. The van der Waals surface area contributed by atoms with E-state index in [1.54, 1.807) is 20.7 Å². The summed E-state index contributed by atoms with van der Waals surface area (Å²) in [5.41, 5.74) is 3.89. The Labute approximate surface area is 163 Å². The van der Waals surface area contributed by atoms with Crippen LogP contribution in [-0.4, -0.2) is 5.91 Å². The average Bonchev–Trinajstić information content (AvgIpc) is 2.99. The number of amides is 1. The Hall–Kier alpha value is -1.89. The Bertz CT molecular complexity index is 1080. The van der Waals surface area contributed by atoms with Gasteiger partial charge in [0.25, 0.3) is 5.91 Å². The van der Waals surface area contributed by atoms with Crippen LogP contribution in [0.2, 0.25) is 0 Å². The van der Waals surface area contributed by atoms with Gasteiger partial charge in [-0.05, 0) is 50.6 Å². The SMILES string of the molecule is Cc1cccc2c1N(C(=O)c1ccc(F)cc1)C(C)(C)c1ssc(=S)c1-2. The van der Waals surface area contributed by atoms with Gasteiger partial charge in [0.2, 0.25) is 0 Å². The van der Waals surface area contributed by atoms with Crippen LogP contribution >= 0.6 is 32.9 Å². The molecule has 1 amide bonds. The second-order valence-electron chi connectivity index (χ2n) is 6.84. The highest BCUT2D eigenvalue weighted by Crippen LogP contribution is 2.53. The third-order valence-corrected chi connectivity index (χ3v) is 8.10. The van der Waals surface area contributed by atoms with Crippen molar-refractivity contribution in [3.63, 3.8) is 0 Å². The largest absolute Gasteiger partial charge is 0.297 e. The number of rotatable bonds is 1. The molecule has 0 spiro atoms. The molecule has 0 unspecified atom stereocenters. The van der Waals surface area contributed by atoms with Crippen LogP contribution in [0.25, 0.3) is 11.1 Å². The molecule has 6 heteroatoms. The number of hydrogen-bond donors (Lipinski definition) is 0. The Morgan fingerprint density at radius 1 is 1.12 bits per heavy atom. The Balaban J connectivity index is 2.00. The predicted octanol–water partition coefficient (Wildman–Crippen LogP) is 6.55. The summed E-state index contributed by atoms with van der Waals surface area (Å²) in [4.78, 5) is 16.4. The Kier molecular flexibility index (Phi) is 4.10. The molecule has 2 heterocycles. The van der Waals surface area contributed by atoms with Gasteiger partial charge in [0.1, 0.15) is 9.64 Å². The highest BCUT2D eigenvalue weighted by Gasteiger charge is 2.43. The van der Waals surface area contributed by atoms with Gasteiger partial charge in [-0.1, -0.05) is 51.1 Å². The van der Waals surface area contributed by atoms with Crippen molar-refractivity contribution in [3.05, 3.63) is 68.1 Å². The zero-order valence-corrected chi connectivity index (χ0v) is 16.9. The number of nitrogens with zero attached hydrogens (tertiary/aromatic N) is 1. The number of fused-ring (bicyclic) bond motifs is 3. The molecule has 0 saturated heterocycles. The fraction of sp³-hybridized carbons (Fsp3) is 0.200. The van der Waals surface area contributed by atoms with E-state index in [0.29, 0.717) is 5.56 Å². The van der Waals surface area contributed by atoms with Crippen LogP contribution in [0, 0.1) is 16.6 Å². The molecule has 4 rings (SSSR count). The Morgan fingerprint density at radius 3 is 2.50 bits per heavy atom. The van der Waals surface area contributed by atoms with Crippen molar-refractivity contribution in [1.82, 2.24) is 0 Å². The molecule has 3 aromatic rings. The first-order valence-electron chi connectivity index (χ1n) is 8.16. The van der Waals surface area contributed by atoms with E-state index in [4.69, 9.17) is 12.2 Å². The average molecular weight is 402 g/mol. The molecular formula is C20H16FNOS3. The second-order valence-corrected chi connectivity index (χ2v) is 9.65. The summed E-state index contributed by atoms with van der Waals surface area (Å²) >= 11 is 5.59. The summed E-state index contributed by atoms with van der Waals surface area (Å²) in [5.74, 6) is -0.491. The summed E-state index contributed by atoms with van der Waals surface area (Å²) in [6, 6.07) is 11.7. The van der Waals surface area contributed by atoms with Gasteiger partial charge in [0.05, 0.1) is 16.1 Å². The highest BCUT2D eigenvalue weighted by atomic mass is 32.9. The molecular weight excluding hydrogens is 385 g/mol. The standard InChI is InChI=1S/C20H16FNOS3/c1-11-5-4-6-14-15-17(25-26-19(15)24)20(2,3)22(16(11)14)18(23)12-7-9-13(21)10-8-12/h4-10H,1-3H3. The summed E-state index contributed by atoms with van der Waals surface area (Å²) < 4.78 is 14.2. The number of aryl methyl sites for hydroxylation is 1. The monoisotopic (exact) mass is 401 g/mol. The van der Waals surface area contributed by atoms with Crippen molar-refractivity contribution < 1.29 is 9.18 Å². The van der Waals surface area contributed by atoms with E-state index in [0.717, 1.165) is 31.1 Å². The van der Waals surface area contributed by atoms with Gasteiger partial charge in [0, 0.05) is 16.7 Å². The van der Waals surface area contributed by atoms with Crippen molar-refractivity contribution in [2.45, 2.75) is 26.3 Å². The third-order valence-electron chi connectivity index (χ3n) is 4.77. The minimum Gasteiger partial charge on any atom is -0.297 e. The van der Waals surface area contributed by atoms with E-state index in [9.17, 15) is 9.18 Å². The zero-order chi connectivity index (χ0) is 18.6. The normalized spacial score (nSPS) is 14.7. The van der Waals surface area contributed by atoms with Gasteiger partial charge in [-0.25, -0.2) is 4.39 Å². The highest BCUT2D eigenvalue weighted by molar-refractivity contribution is 7.80. The van der Waals surface area contributed by atoms with Gasteiger partial charge in [-0.3, -0.25) is 9.69 Å². The molecule has 0 N–H and O–H groups in total. The van der Waals surface area contributed by atoms with Gasteiger partial charge in [-0.2, -0.15) is 0 Å². The van der Waals surface area contributed by atoms with Crippen molar-refractivity contribution in [3.8, 4) is 11.1 Å². The lowest BCUT2D eigenvalue weighted by Crippen LogP contribution is -2.48. The van der Waals surface area contributed by atoms with E-state index in [1.807, 2.05) is 43.9 Å². The maximum Gasteiger partial charge on any atom is 0.259 e. The number of anilines is 1. The molecule has 0 bridgehead atoms. The molecule has 0 aliphatic carbocycles. The topological polar surface area (TPSA) is 20.3 Å². The second kappa shape index (κ2) is 6.08. The van der Waals surface area contributed by atoms with Gasteiger partial charge < -0.3 is 0 Å². The Morgan fingerprint density at radius 2 is 1.81 bits per heavy atom. The molecule has 1 aliphatic heterocycles. The molecule has 0 atom stereocenters. The maximum atomic E-state index is 13.4. The van der Waals surface area contributed by atoms with Crippen LogP contribution in [0.15, 0.2) is 42.5 Å². The van der Waals surface area contributed by atoms with E-state index in [2.05, 4.69) is 0 Å². The predicted molar refractivity (Wildman–Crippen MR) is 109 cm³/mol. The van der Waals surface area contributed by atoms with E-state index < -0.39 is 5.54 Å². The van der Waals surface area contributed by atoms with Gasteiger partial charge >= 0.3 is 0 Å². The number of carbonyl (C=O) groups is 1. The quantitative estimate of drug-likeness (QED) is 0.340. The van der Waals surface area contributed by atoms with Crippen LogP contribution < -0.4 is 4.90 Å². The summed E-state index contributed by atoms with van der Waals surface area (Å²) in [7, 11) is 3.20. The zero-order valence-electron chi connectivity index (χ0n) is 14.5. The molecule has 0 fully saturated rings. The number of para-hydroxylation sites is 1. The van der Waals surface area contributed by atoms with Crippen LogP contribution in [0.4, 0.5) is 10.1 Å². The van der Waals surface area contributed by atoms with Crippen molar-refractivity contribution in [1.29, 1.82) is 0 Å². The van der Waals surface area contributed by atoms with Gasteiger partial charge in [0.15, 0.2) is 0 Å². The summed E-state index contributed by atoms with van der Waals surface area (Å²) in [6.45, 7) is 6.09. The van der Waals surface area contributed by atoms with Crippen molar-refractivity contribution in [2.75, 3.05) is 4.90 Å². The first kappa shape index (κ1) is 17.5. The maximum absolute atomic E-state index is 13.4. The summed E-state index contributed by atoms with van der Waals surface area (Å²) in [5, 5.41) is 0. The van der Waals surface area contributed by atoms with Crippen LogP contribution in [0.5, 0.6) is 0 Å². The van der Waals surface area contributed by atoms with E-state index in [-0.39, 0.29) is 11.7 Å². The first-order valence-corrected chi connectivity index (χ1v) is 10.7. The van der Waals surface area contributed by atoms with Gasteiger partial charge in [-0.15, -0.1) is 0 Å². The molecule has 0 saturated carbocycles. The number of halogens is 1. The van der Waals surface area contributed by atoms with E-state index in [1.165, 1.54) is 24.3 Å². The minimum absolute atomic E-state index is 0.138. The van der Waals surface area contributed by atoms with E-state index >= 15 is 0 Å². The first-order chi connectivity index (χ1) is 12.3. The van der Waals surface area contributed by atoms with Crippen molar-refractivity contribution >= 4 is 44.5 Å². The van der Waals surface area contributed by atoms with Crippen molar-refractivity contribution in [2.24, 2.45) is 0 Å².